The van der Waals surface area contributed by atoms with Crippen LogP contribution in [0.3, 0.4) is 0 Å². The molecule has 5 heteroatoms. The minimum absolute atomic E-state index is 0.346. The number of ether oxygens (including phenoxy) is 1. The van der Waals surface area contributed by atoms with Gasteiger partial charge in [0.05, 0.1) is 6.61 Å². The summed E-state index contributed by atoms with van der Waals surface area (Å²) in [6, 6.07) is 2.00. The second kappa shape index (κ2) is 5.97. The number of hydrogen-bond donors (Lipinski definition) is 0. The number of rotatable bonds is 4. The highest BCUT2D eigenvalue weighted by molar-refractivity contribution is 9.10. The molecule has 100 valence electrons. The van der Waals surface area contributed by atoms with E-state index in [1.807, 2.05) is 6.07 Å². The van der Waals surface area contributed by atoms with E-state index in [9.17, 15) is 0 Å². The average Bonchev–Trinajstić information content (AvgIpc) is 2.77. The first kappa shape index (κ1) is 13.7. The van der Waals surface area contributed by atoms with Crippen molar-refractivity contribution in [3.8, 4) is 0 Å². The lowest BCUT2D eigenvalue weighted by molar-refractivity contribution is 0.161. The molecule has 1 aromatic heterocycles. The molecule has 0 bridgehead atoms. The Kier molecular flexibility index (Phi) is 4.56. The van der Waals surface area contributed by atoms with Crippen LogP contribution in [0.5, 0.6) is 0 Å². The summed E-state index contributed by atoms with van der Waals surface area (Å²) in [5.41, 5.74) is 0. The normalized spacial score (nSPS) is 19.8. The van der Waals surface area contributed by atoms with Crippen LogP contribution in [0.15, 0.2) is 10.7 Å². The van der Waals surface area contributed by atoms with Gasteiger partial charge in [0.1, 0.15) is 16.2 Å². The highest BCUT2D eigenvalue weighted by Gasteiger charge is 2.24. The number of anilines is 1. The summed E-state index contributed by atoms with van der Waals surface area (Å²) in [7, 11) is 1.76. The minimum Gasteiger partial charge on any atom is -0.384 e. The van der Waals surface area contributed by atoms with Gasteiger partial charge in [-0.1, -0.05) is 13.8 Å². The quantitative estimate of drug-likeness (QED) is 0.801. The Labute approximate surface area is 117 Å². The first-order chi connectivity index (χ1) is 8.60. The molecule has 0 spiro atoms. The van der Waals surface area contributed by atoms with Gasteiger partial charge in [-0.3, -0.25) is 0 Å². The van der Waals surface area contributed by atoms with Crippen molar-refractivity contribution in [2.75, 3.05) is 31.7 Å². The third kappa shape index (κ3) is 3.20. The van der Waals surface area contributed by atoms with E-state index >= 15 is 0 Å². The minimum atomic E-state index is 0.346. The molecule has 2 heterocycles. The number of halogens is 1. The zero-order valence-electron chi connectivity index (χ0n) is 11.2. The lowest BCUT2D eigenvalue weighted by atomic mass is 10.1. The van der Waals surface area contributed by atoms with E-state index in [2.05, 4.69) is 44.6 Å². The summed E-state index contributed by atoms with van der Waals surface area (Å²) in [6.07, 6.45) is 1.17. The van der Waals surface area contributed by atoms with E-state index < -0.39 is 0 Å². The van der Waals surface area contributed by atoms with Gasteiger partial charge in [0, 0.05) is 38.1 Å². The Balaban J connectivity index is 2.14. The molecule has 1 unspecified atom stereocenters. The summed E-state index contributed by atoms with van der Waals surface area (Å²) >= 11 is 3.47. The molecule has 1 aliphatic rings. The standard InChI is InChI=1S/C13H20BrN3O/c1-9(2)13-15-11(14)6-12(16-13)17-5-4-10(7-17)8-18-3/h6,9-10H,4-5,7-8H2,1-3H3. The van der Waals surface area contributed by atoms with Crippen molar-refractivity contribution >= 4 is 21.7 Å². The molecule has 4 nitrogen and oxygen atoms in total. The van der Waals surface area contributed by atoms with E-state index in [0.717, 1.165) is 35.9 Å². The Morgan fingerprint density at radius 1 is 1.50 bits per heavy atom. The van der Waals surface area contributed by atoms with Crippen molar-refractivity contribution in [2.24, 2.45) is 5.92 Å². The van der Waals surface area contributed by atoms with Crippen LogP contribution in [0.4, 0.5) is 5.82 Å². The molecule has 0 radical (unpaired) electrons. The summed E-state index contributed by atoms with van der Waals surface area (Å²) < 4.78 is 6.09. The Morgan fingerprint density at radius 3 is 2.94 bits per heavy atom. The second-order valence-corrected chi connectivity index (χ2v) is 5.93. The average molecular weight is 314 g/mol. The number of nitrogens with zero attached hydrogens (tertiary/aromatic N) is 3. The van der Waals surface area contributed by atoms with Gasteiger partial charge >= 0.3 is 0 Å². The van der Waals surface area contributed by atoms with E-state index in [1.54, 1.807) is 7.11 Å². The maximum atomic E-state index is 5.23. The highest BCUT2D eigenvalue weighted by atomic mass is 79.9. The molecular weight excluding hydrogens is 294 g/mol. The summed E-state index contributed by atoms with van der Waals surface area (Å²) in [4.78, 5) is 11.4. The van der Waals surface area contributed by atoms with Crippen LogP contribution in [0.25, 0.3) is 0 Å². The number of hydrogen-bond acceptors (Lipinski definition) is 4. The SMILES string of the molecule is COCC1CCN(c2cc(Br)nc(C(C)C)n2)C1. The Morgan fingerprint density at radius 2 is 2.28 bits per heavy atom. The van der Waals surface area contributed by atoms with Crippen LogP contribution < -0.4 is 4.90 Å². The van der Waals surface area contributed by atoms with Crippen molar-refractivity contribution in [1.29, 1.82) is 0 Å². The lowest BCUT2D eigenvalue weighted by Gasteiger charge is -2.19. The second-order valence-electron chi connectivity index (χ2n) is 5.12. The van der Waals surface area contributed by atoms with Crippen LogP contribution >= 0.6 is 15.9 Å². The van der Waals surface area contributed by atoms with Gasteiger partial charge in [0.25, 0.3) is 0 Å². The van der Waals surface area contributed by atoms with Crippen LogP contribution in [0.2, 0.25) is 0 Å². The smallest absolute Gasteiger partial charge is 0.134 e. The number of aromatic nitrogens is 2. The Bertz CT molecular complexity index is 411. The van der Waals surface area contributed by atoms with Gasteiger partial charge in [0.2, 0.25) is 0 Å². The van der Waals surface area contributed by atoms with Gasteiger partial charge in [0.15, 0.2) is 0 Å². The monoisotopic (exact) mass is 313 g/mol. The van der Waals surface area contributed by atoms with Gasteiger partial charge in [-0.05, 0) is 22.4 Å². The van der Waals surface area contributed by atoms with Gasteiger partial charge in [-0.2, -0.15) is 0 Å². The first-order valence-electron chi connectivity index (χ1n) is 6.38. The van der Waals surface area contributed by atoms with Gasteiger partial charge in [-0.15, -0.1) is 0 Å². The first-order valence-corrected chi connectivity index (χ1v) is 7.17. The fourth-order valence-corrected chi connectivity index (χ4v) is 2.64. The zero-order chi connectivity index (χ0) is 13.1. The molecule has 0 N–H and O–H groups in total. The lowest BCUT2D eigenvalue weighted by Crippen LogP contribution is -2.22. The molecule has 1 atom stereocenters. The van der Waals surface area contributed by atoms with E-state index in [4.69, 9.17) is 4.74 Å². The van der Waals surface area contributed by atoms with Crippen LogP contribution in [0, 0.1) is 5.92 Å². The molecule has 1 aliphatic heterocycles. The fraction of sp³-hybridized carbons (Fsp3) is 0.692. The van der Waals surface area contributed by atoms with Crippen LogP contribution in [0.1, 0.15) is 32.0 Å². The van der Waals surface area contributed by atoms with Crippen molar-refractivity contribution < 1.29 is 4.74 Å². The van der Waals surface area contributed by atoms with Crippen molar-refractivity contribution in [2.45, 2.75) is 26.2 Å². The van der Waals surface area contributed by atoms with Gasteiger partial charge in [-0.25, -0.2) is 9.97 Å². The van der Waals surface area contributed by atoms with E-state index in [-0.39, 0.29) is 0 Å². The van der Waals surface area contributed by atoms with Gasteiger partial charge < -0.3 is 9.64 Å². The van der Waals surface area contributed by atoms with Crippen molar-refractivity contribution in [3.63, 3.8) is 0 Å². The highest BCUT2D eigenvalue weighted by Crippen LogP contribution is 2.25. The largest absolute Gasteiger partial charge is 0.384 e. The zero-order valence-corrected chi connectivity index (χ0v) is 12.8. The van der Waals surface area contributed by atoms with Crippen LogP contribution in [-0.2, 0) is 4.74 Å². The van der Waals surface area contributed by atoms with E-state index in [0.29, 0.717) is 11.8 Å². The molecule has 0 amide bonds. The molecule has 1 fully saturated rings. The van der Waals surface area contributed by atoms with Crippen LogP contribution in [-0.4, -0.2) is 36.8 Å². The molecule has 18 heavy (non-hydrogen) atoms. The third-order valence-electron chi connectivity index (χ3n) is 3.23. The molecule has 0 saturated carbocycles. The fourth-order valence-electron chi connectivity index (χ4n) is 2.26. The molecular formula is C13H20BrN3O. The predicted octanol–water partition coefficient (Wildman–Crippen LogP) is 2.84. The molecule has 2 rings (SSSR count). The number of methoxy groups -OCH3 is 1. The van der Waals surface area contributed by atoms with E-state index in [1.165, 1.54) is 6.42 Å². The molecule has 0 aromatic carbocycles. The summed E-state index contributed by atoms with van der Waals surface area (Å²) in [6.45, 7) is 7.14. The third-order valence-corrected chi connectivity index (χ3v) is 3.63. The maximum Gasteiger partial charge on any atom is 0.134 e. The Hall–Kier alpha value is -0.680. The van der Waals surface area contributed by atoms with Crippen molar-refractivity contribution in [3.05, 3.63) is 16.5 Å². The maximum absolute atomic E-state index is 5.23. The molecule has 0 aliphatic carbocycles. The summed E-state index contributed by atoms with van der Waals surface area (Å²) in [5, 5.41) is 0. The topological polar surface area (TPSA) is 38.2 Å². The molecule has 1 saturated heterocycles. The van der Waals surface area contributed by atoms with Crippen molar-refractivity contribution in [1.82, 2.24) is 9.97 Å². The molecule has 1 aromatic rings. The predicted molar refractivity (Wildman–Crippen MR) is 76.0 cm³/mol. The summed E-state index contributed by atoms with van der Waals surface area (Å²) in [5.74, 6) is 2.89.